The van der Waals surface area contributed by atoms with E-state index in [9.17, 15) is 14.4 Å². The molecule has 0 bridgehead atoms. The van der Waals surface area contributed by atoms with Crippen molar-refractivity contribution in [2.45, 2.75) is 26.2 Å². The molecule has 4 rings (SSSR count). The van der Waals surface area contributed by atoms with E-state index in [1.54, 1.807) is 30.1 Å². The Labute approximate surface area is 229 Å². The minimum atomic E-state index is -0.656. The first-order chi connectivity index (χ1) is 18.9. The van der Waals surface area contributed by atoms with E-state index in [1.807, 2.05) is 54.6 Å². The molecule has 0 spiro atoms. The number of carbonyl (C=O) groups excluding carboxylic acids is 3. The molecular formula is C31H34N4O4. The lowest BCUT2D eigenvalue weighted by Crippen LogP contribution is -2.38. The summed E-state index contributed by atoms with van der Waals surface area (Å²) in [7, 11) is 3.10. The number of rotatable bonds is 10. The number of methoxy groups -OCH3 is 1. The summed E-state index contributed by atoms with van der Waals surface area (Å²) in [5.41, 5.74) is 4.50. The van der Waals surface area contributed by atoms with Gasteiger partial charge in [-0.05, 0) is 67.0 Å². The third-order valence-electron chi connectivity index (χ3n) is 6.86. The Morgan fingerprint density at radius 1 is 0.974 bits per heavy atom. The monoisotopic (exact) mass is 526 g/mol. The molecule has 0 saturated carbocycles. The fourth-order valence-electron chi connectivity index (χ4n) is 4.68. The summed E-state index contributed by atoms with van der Waals surface area (Å²) in [5.74, 6) is -1.32. The highest BCUT2D eigenvalue weighted by molar-refractivity contribution is 6.24. The first-order valence-corrected chi connectivity index (χ1v) is 13.1. The van der Waals surface area contributed by atoms with Gasteiger partial charge in [-0.2, -0.15) is 0 Å². The summed E-state index contributed by atoms with van der Waals surface area (Å²) < 4.78 is 4.82. The van der Waals surface area contributed by atoms with Gasteiger partial charge in [-0.1, -0.05) is 50.2 Å². The van der Waals surface area contributed by atoms with Crippen LogP contribution in [0.2, 0.25) is 0 Å². The van der Waals surface area contributed by atoms with Gasteiger partial charge in [-0.25, -0.2) is 4.79 Å². The number of hydrogen-bond donors (Lipinski definition) is 1. The molecule has 39 heavy (non-hydrogen) atoms. The number of fused-ring (bicyclic) bond motifs is 1. The van der Waals surface area contributed by atoms with Crippen LogP contribution in [0.1, 0.15) is 47.7 Å². The average Bonchev–Trinajstić information content (AvgIpc) is 3.30. The van der Waals surface area contributed by atoms with Crippen LogP contribution in [0.15, 0.2) is 77.8 Å². The highest BCUT2D eigenvalue weighted by Gasteiger charge is 2.36. The van der Waals surface area contributed by atoms with Gasteiger partial charge in [-0.15, -0.1) is 0 Å². The number of ether oxygens (including phenoxy) is 1. The molecule has 1 N–H and O–H groups in total. The zero-order valence-corrected chi connectivity index (χ0v) is 22.8. The summed E-state index contributed by atoms with van der Waals surface area (Å²) in [6.45, 7) is 6.24. The standard InChI is InChI=1S/C31H34N4O4/c1-5-18-35(6-2)20-27(36)34(3)24-15-13-23(14-16-24)32-29(21-10-8-7-9-11-21)28-25-17-12-22(31(38)39-4)19-26(25)33-30(28)37/h7-17,19,28H,5-6,18,20H2,1-4H3,(H,33,37). The van der Waals surface area contributed by atoms with Crippen molar-refractivity contribution in [3.05, 3.63) is 89.5 Å². The molecule has 1 aliphatic rings. The SMILES string of the molecule is CCCN(CC)CC(=O)N(C)c1ccc(N=C(c2ccccc2)C2C(=O)Nc3cc(C(=O)OC)ccc32)cc1. The largest absolute Gasteiger partial charge is 0.465 e. The Hall–Kier alpha value is -4.30. The molecular weight excluding hydrogens is 492 g/mol. The number of benzene rings is 3. The summed E-state index contributed by atoms with van der Waals surface area (Å²) >= 11 is 0. The number of aliphatic imine (C=N–C) groups is 1. The van der Waals surface area contributed by atoms with Gasteiger partial charge in [0, 0.05) is 18.4 Å². The highest BCUT2D eigenvalue weighted by Crippen LogP contribution is 2.37. The van der Waals surface area contributed by atoms with E-state index in [2.05, 4.69) is 24.1 Å². The van der Waals surface area contributed by atoms with Crippen molar-refractivity contribution < 1.29 is 19.1 Å². The van der Waals surface area contributed by atoms with Crippen molar-refractivity contribution >= 4 is 40.6 Å². The first kappa shape index (κ1) is 27.7. The normalized spacial score (nSPS) is 14.6. The minimum absolute atomic E-state index is 0.0251. The third-order valence-corrected chi connectivity index (χ3v) is 6.86. The molecule has 0 saturated heterocycles. The number of nitrogens with one attached hydrogen (secondary N) is 1. The number of likely N-dealkylation sites (N-methyl/N-ethyl adjacent to an activating group) is 2. The van der Waals surface area contributed by atoms with Crippen LogP contribution < -0.4 is 10.2 Å². The van der Waals surface area contributed by atoms with Crippen LogP contribution in [0, 0.1) is 0 Å². The fraction of sp³-hybridized carbons (Fsp3) is 0.290. The summed E-state index contributed by atoms with van der Waals surface area (Å²) in [6.07, 6.45) is 0.997. The zero-order chi connectivity index (χ0) is 27.9. The molecule has 0 fully saturated rings. The number of hydrogen-bond acceptors (Lipinski definition) is 6. The average molecular weight is 527 g/mol. The predicted octanol–water partition coefficient (Wildman–Crippen LogP) is 5.02. The zero-order valence-electron chi connectivity index (χ0n) is 22.8. The minimum Gasteiger partial charge on any atom is -0.465 e. The molecule has 0 aromatic heterocycles. The second-order valence-corrected chi connectivity index (χ2v) is 9.42. The van der Waals surface area contributed by atoms with Crippen LogP contribution in [-0.2, 0) is 14.3 Å². The maximum atomic E-state index is 13.2. The quantitative estimate of drug-likeness (QED) is 0.296. The maximum Gasteiger partial charge on any atom is 0.337 e. The molecule has 1 aliphatic heterocycles. The van der Waals surface area contributed by atoms with Gasteiger partial charge in [0.15, 0.2) is 0 Å². The van der Waals surface area contributed by atoms with Crippen molar-refractivity contribution in [2.75, 3.05) is 44.0 Å². The maximum absolute atomic E-state index is 13.2. The molecule has 2 amide bonds. The summed E-state index contributed by atoms with van der Waals surface area (Å²) in [4.78, 5) is 46.7. The van der Waals surface area contributed by atoms with Crippen molar-refractivity contribution in [2.24, 2.45) is 4.99 Å². The third kappa shape index (κ3) is 6.23. The van der Waals surface area contributed by atoms with Crippen LogP contribution in [0.25, 0.3) is 0 Å². The Kier molecular flexibility index (Phi) is 8.88. The Bertz CT molecular complexity index is 1370. The van der Waals surface area contributed by atoms with Gasteiger partial charge in [0.2, 0.25) is 11.8 Å². The molecule has 0 radical (unpaired) electrons. The van der Waals surface area contributed by atoms with Crippen molar-refractivity contribution in [3.8, 4) is 0 Å². The molecule has 3 aromatic carbocycles. The van der Waals surface area contributed by atoms with E-state index < -0.39 is 11.9 Å². The molecule has 3 aromatic rings. The summed E-state index contributed by atoms with van der Waals surface area (Å²) in [6, 6.07) is 22.0. The lowest BCUT2D eigenvalue weighted by atomic mass is 9.90. The van der Waals surface area contributed by atoms with E-state index in [-0.39, 0.29) is 11.8 Å². The predicted molar refractivity (Wildman–Crippen MR) is 154 cm³/mol. The Morgan fingerprint density at radius 3 is 2.33 bits per heavy atom. The molecule has 8 nitrogen and oxygen atoms in total. The van der Waals surface area contributed by atoms with E-state index >= 15 is 0 Å². The van der Waals surface area contributed by atoms with Crippen molar-refractivity contribution in [1.82, 2.24) is 4.90 Å². The molecule has 202 valence electrons. The van der Waals surface area contributed by atoms with E-state index in [4.69, 9.17) is 9.73 Å². The van der Waals surface area contributed by atoms with Gasteiger partial charge in [-0.3, -0.25) is 19.5 Å². The highest BCUT2D eigenvalue weighted by atomic mass is 16.5. The lowest BCUT2D eigenvalue weighted by molar-refractivity contribution is -0.119. The lowest BCUT2D eigenvalue weighted by Gasteiger charge is -2.23. The topological polar surface area (TPSA) is 91.3 Å². The van der Waals surface area contributed by atoms with Crippen LogP contribution in [0.4, 0.5) is 17.1 Å². The van der Waals surface area contributed by atoms with Gasteiger partial charge in [0.1, 0.15) is 5.92 Å². The van der Waals surface area contributed by atoms with Gasteiger partial charge in [0.25, 0.3) is 0 Å². The van der Waals surface area contributed by atoms with Crippen molar-refractivity contribution in [3.63, 3.8) is 0 Å². The number of esters is 1. The number of amides is 2. The fourth-order valence-corrected chi connectivity index (χ4v) is 4.68. The second-order valence-electron chi connectivity index (χ2n) is 9.42. The molecule has 0 aliphatic carbocycles. The van der Waals surface area contributed by atoms with Crippen molar-refractivity contribution in [1.29, 1.82) is 0 Å². The molecule has 1 atom stereocenters. The van der Waals surface area contributed by atoms with E-state index in [0.717, 1.165) is 36.3 Å². The molecule has 8 heteroatoms. The van der Waals surface area contributed by atoms with Gasteiger partial charge < -0.3 is 15.0 Å². The number of nitrogens with zero attached hydrogens (tertiary/aromatic N) is 3. The second kappa shape index (κ2) is 12.5. The molecule has 1 unspecified atom stereocenters. The van der Waals surface area contributed by atoms with Gasteiger partial charge in [0.05, 0.1) is 30.6 Å². The molecule has 1 heterocycles. The van der Waals surface area contributed by atoms with E-state index in [1.165, 1.54) is 7.11 Å². The Balaban J connectivity index is 1.65. The number of anilines is 2. The smallest absolute Gasteiger partial charge is 0.337 e. The summed E-state index contributed by atoms with van der Waals surface area (Å²) in [5, 5.41) is 2.89. The Morgan fingerprint density at radius 2 is 1.69 bits per heavy atom. The van der Waals surface area contributed by atoms with Crippen LogP contribution in [-0.4, -0.2) is 62.2 Å². The van der Waals surface area contributed by atoms with E-state index in [0.29, 0.717) is 29.2 Å². The van der Waals surface area contributed by atoms with Crippen LogP contribution in [0.5, 0.6) is 0 Å². The first-order valence-electron chi connectivity index (χ1n) is 13.1. The van der Waals surface area contributed by atoms with Crippen LogP contribution in [0.3, 0.4) is 0 Å². The van der Waals surface area contributed by atoms with Crippen LogP contribution >= 0.6 is 0 Å². The van der Waals surface area contributed by atoms with Gasteiger partial charge >= 0.3 is 5.97 Å². The number of carbonyl (C=O) groups is 3.